The second-order valence-electron chi connectivity index (χ2n) is 4.76. The third kappa shape index (κ3) is 4.51. The second kappa shape index (κ2) is 6.64. The molecule has 2 nitrogen and oxygen atoms in total. The quantitative estimate of drug-likeness (QED) is 0.725. The fourth-order valence-electron chi connectivity index (χ4n) is 2.12. The Morgan fingerprint density at radius 2 is 1.76 bits per heavy atom. The van der Waals surface area contributed by atoms with Crippen molar-refractivity contribution in [3.63, 3.8) is 0 Å². The van der Waals surface area contributed by atoms with Crippen LogP contribution in [0.2, 0.25) is 5.02 Å². The third-order valence-corrected chi connectivity index (χ3v) is 4.61. The molecule has 1 saturated heterocycles. The summed E-state index contributed by atoms with van der Waals surface area (Å²) in [5.74, 6) is 1.20. The highest BCUT2D eigenvalue weighted by atomic mass is 35.5. The van der Waals surface area contributed by atoms with Crippen molar-refractivity contribution in [2.75, 3.05) is 45.5 Å². The maximum atomic E-state index is 5.87. The van der Waals surface area contributed by atoms with Gasteiger partial charge in [-0.05, 0) is 24.3 Å². The van der Waals surface area contributed by atoms with Gasteiger partial charge in [-0.3, -0.25) is 0 Å². The first kappa shape index (κ1) is 13.2. The zero-order valence-electron chi connectivity index (χ0n) is 10.3. The lowest BCUT2D eigenvalue weighted by Crippen LogP contribution is -3.27. The molecule has 0 amide bonds. The SMILES string of the molecule is C[NH+]1CC[NH+](CCSc2ccc(Cl)cc2)CC1. The summed E-state index contributed by atoms with van der Waals surface area (Å²) in [5, 5.41) is 0.821. The van der Waals surface area contributed by atoms with Gasteiger partial charge in [0, 0.05) is 15.7 Å². The molecule has 17 heavy (non-hydrogen) atoms. The van der Waals surface area contributed by atoms with Crippen LogP contribution in [0.25, 0.3) is 0 Å². The Hall–Kier alpha value is -0.220. The molecule has 4 heteroatoms. The topological polar surface area (TPSA) is 8.88 Å². The van der Waals surface area contributed by atoms with E-state index in [4.69, 9.17) is 11.6 Å². The van der Waals surface area contributed by atoms with Gasteiger partial charge in [0.2, 0.25) is 0 Å². The number of nitrogens with one attached hydrogen (secondary N) is 2. The molecule has 2 rings (SSSR count). The molecule has 0 aliphatic carbocycles. The fourth-order valence-corrected chi connectivity index (χ4v) is 3.21. The number of likely N-dealkylation sites (N-methyl/N-ethyl adjacent to an activating group) is 1. The molecule has 0 saturated carbocycles. The van der Waals surface area contributed by atoms with Gasteiger partial charge in [0.25, 0.3) is 0 Å². The number of piperazine rings is 1. The van der Waals surface area contributed by atoms with Crippen LogP contribution in [0.3, 0.4) is 0 Å². The molecule has 1 aromatic rings. The molecule has 1 aliphatic rings. The maximum absolute atomic E-state index is 5.87. The minimum absolute atomic E-state index is 0.821. The monoisotopic (exact) mass is 272 g/mol. The van der Waals surface area contributed by atoms with Crippen molar-refractivity contribution >= 4 is 23.4 Å². The number of benzene rings is 1. The van der Waals surface area contributed by atoms with Crippen molar-refractivity contribution in [1.82, 2.24) is 0 Å². The summed E-state index contributed by atoms with van der Waals surface area (Å²) in [6.07, 6.45) is 0. The van der Waals surface area contributed by atoms with Crippen molar-refractivity contribution in [2.24, 2.45) is 0 Å². The normalized spacial score (nSPS) is 24.8. The van der Waals surface area contributed by atoms with Crippen molar-refractivity contribution < 1.29 is 9.80 Å². The van der Waals surface area contributed by atoms with Gasteiger partial charge < -0.3 is 9.80 Å². The van der Waals surface area contributed by atoms with Crippen LogP contribution in [-0.2, 0) is 0 Å². The van der Waals surface area contributed by atoms with E-state index in [1.54, 1.807) is 9.80 Å². The van der Waals surface area contributed by atoms with Crippen molar-refractivity contribution in [3.8, 4) is 0 Å². The smallest absolute Gasteiger partial charge is 0.127 e. The summed E-state index contributed by atoms with van der Waals surface area (Å²) >= 11 is 7.80. The number of thioether (sulfide) groups is 1. The van der Waals surface area contributed by atoms with E-state index in [0.717, 1.165) is 5.02 Å². The van der Waals surface area contributed by atoms with Crippen LogP contribution in [0.1, 0.15) is 0 Å². The number of rotatable bonds is 4. The van der Waals surface area contributed by atoms with E-state index < -0.39 is 0 Å². The number of halogens is 1. The summed E-state index contributed by atoms with van der Waals surface area (Å²) < 4.78 is 0. The third-order valence-electron chi connectivity index (χ3n) is 3.35. The highest BCUT2D eigenvalue weighted by Gasteiger charge is 2.18. The summed E-state index contributed by atoms with van der Waals surface area (Å²) in [5.41, 5.74) is 0. The van der Waals surface area contributed by atoms with Crippen LogP contribution in [0.5, 0.6) is 0 Å². The predicted octanol–water partition coefficient (Wildman–Crippen LogP) is -0.155. The molecular weight excluding hydrogens is 252 g/mol. The van der Waals surface area contributed by atoms with Crippen LogP contribution in [0.15, 0.2) is 29.2 Å². The lowest BCUT2D eigenvalue weighted by atomic mass is 10.3. The Balaban J connectivity index is 1.67. The Kier molecular flexibility index (Phi) is 5.16. The van der Waals surface area contributed by atoms with E-state index in [1.165, 1.54) is 43.4 Å². The van der Waals surface area contributed by atoms with Gasteiger partial charge in [-0.2, -0.15) is 0 Å². The largest absolute Gasteiger partial charge is 0.328 e. The molecule has 1 fully saturated rings. The zero-order chi connectivity index (χ0) is 12.1. The lowest BCUT2D eigenvalue weighted by Gasteiger charge is -2.27. The van der Waals surface area contributed by atoms with Crippen LogP contribution in [0.4, 0.5) is 0 Å². The Morgan fingerprint density at radius 1 is 1.12 bits per heavy atom. The summed E-state index contributed by atoms with van der Waals surface area (Å²) in [6.45, 7) is 6.57. The van der Waals surface area contributed by atoms with E-state index >= 15 is 0 Å². The molecule has 1 aromatic carbocycles. The van der Waals surface area contributed by atoms with Gasteiger partial charge in [-0.1, -0.05) is 11.6 Å². The first-order valence-corrected chi connectivity index (χ1v) is 7.63. The molecule has 1 aliphatic heterocycles. The fraction of sp³-hybridized carbons (Fsp3) is 0.538. The molecule has 94 valence electrons. The van der Waals surface area contributed by atoms with Crippen LogP contribution >= 0.6 is 23.4 Å². The highest BCUT2D eigenvalue weighted by Crippen LogP contribution is 2.19. The molecule has 0 bridgehead atoms. The lowest BCUT2D eigenvalue weighted by molar-refractivity contribution is -1.00. The van der Waals surface area contributed by atoms with Crippen molar-refractivity contribution in [2.45, 2.75) is 4.90 Å². The first-order valence-electron chi connectivity index (χ1n) is 6.27. The average molecular weight is 273 g/mol. The minimum Gasteiger partial charge on any atom is -0.328 e. The number of hydrogen-bond donors (Lipinski definition) is 2. The average Bonchev–Trinajstić information content (AvgIpc) is 2.34. The molecule has 1 heterocycles. The molecule has 0 spiro atoms. The summed E-state index contributed by atoms with van der Waals surface area (Å²) in [7, 11) is 2.29. The van der Waals surface area contributed by atoms with E-state index in [1.807, 2.05) is 23.9 Å². The molecule has 0 aromatic heterocycles. The van der Waals surface area contributed by atoms with Gasteiger partial charge in [0.15, 0.2) is 0 Å². The van der Waals surface area contributed by atoms with Crippen LogP contribution in [-0.4, -0.2) is 45.5 Å². The van der Waals surface area contributed by atoms with Crippen molar-refractivity contribution in [1.29, 1.82) is 0 Å². The summed E-state index contributed by atoms with van der Waals surface area (Å²) in [4.78, 5) is 4.77. The highest BCUT2D eigenvalue weighted by molar-refractivity contribution is 7.99. The molecule has 2 N–H and O–H groups in total. The van der Waals surface area contributed by atoms with Gasteiger partial charge in [-0.25, -0.2) is 0 Å². The van der Waals surface area contributed by atoms with Gasteiger partial charge in [-0.15, -0.1) is 11.8 Å². The van der Waals surface area contributed by atoms with E-state index in [2.05, 4.69) is 19.2 Å². The van der Waals surface area contributed by atoms with Gasteiger partial charge >= 0.3 is 0 Å². The van der Waals surface area contributed by atoms with E-state index in [-0.39, 0.29) is 0 Å². The first-order chi connectivity index (χ1) is 8.24. The van der Waals surface area contributed by atoms with Crippen LogP contribution in [0, 0.1) is 0 Å². The zero-order valence-corrected chi connectivity index (χ0v) is 11.9. The van der Waals surface area contributed by atoms with Crippen LogP contribution < -0.4 is 9.80 Å². The van der Waals surface area contributed by atoms with Gasteiger partial charge in [0.1, 0.15) is 26.2 Å². The Morgan fingerprint density at radius 3 is 2.41 bits per heavy atom. The standard InChI is InChI=1S/C13H19ClN2S/c1-15-6-8-16(9-7-15)10-11-17-13-4-2-12(14)3-5-13/h2-5H,6-11H2,1H3/p+2. The molecule has 0 atom stereocenters. The molecule has 0 unspecified atom stereocenters. The van der Waals surface area contributed by atoms with Gasteiger partial charge in [0.05, 0.1) is 13.6 Å². The maximum Gasteiger partial charge on any atom is 0.127 e. The van der Waals surface area contributed by atoms with E-state index in [9.17, 15) is 0 Å². The van der Waals surface area contributed by atoms with E-state index in [0.29, 0.717) is 0 Å². The second-order valence-corrected chi connectivity index (χ2v) is 6.36. The predicted molar refractivity (Wildman–Crippen MR) is 74.4 cm³/mol. The molecular formula is C13H21ClN2S+2. The summed E-state index contributed by atoms with van der Waals surface area (Å²) in [6, 6.07) is 8.15. The minimum atomic E-state index is 0.821. The molecule has 0 radical (unpaired) electrons. The Bertz CT molecular complexity index is 334. The Labute approximate surface area is 113 Å². The number of quaternary nitrogens is 2. The van der Waals surface area contributed by atoms with Crippen molar-refractivity contribution in [3.05, 3.63) is 29.3 Å². The number of hydrogen-bond acceptors (Lipinski definition) is 1.